The second kappa shape index (κ2) is 17.7. The molecule has 0 saturated carbocycles. The van der Waals surface area contributed by atoms with Gasteiger partial charge in [-0.2, -0.15) is 5.17 Å². The van der Waals surface area contributed by atoms with Gasteiger partial charge >= 0.3 is 0 Å². The molecule has 1 aromatic rings. The molecule has 5 nitrogen and oxygen atoms in total. The van der Waals surface area contributed by atoms with Gasteiger partial charge in [-0.05, 0) is 52.7 Å². The number of aliphatic imine (C=N–C) groups is 2. The summed E-state index contributed by atoms with van der Waals surface area (Å²) in [5, 5.41) is 15.9. The molecule has 0 bridgehead atoms. The maximum Gasteiger partial charge on any atom is 0.193 e. The first kappa shape index (κ1) is 35.0. The molecule has 0 saturated heterocycles. The van der Waals surface area contributed by atoms with Crippen molar-refractivity contribution in [3.63, 3.8) is 0 Å². The van der Waals surface area contributed by atoms with Crippen LogP contribution in [0.3, 0.4) is 0 Å². The van der Waals surface area contributed by atoms with Gasteiger partial charge in [0.05, 0.1) is 5.69 Å². The predicted molar refractivity (Wildman–Crippen MR) is 181 cm³/mol. The number of thioether (sulfide) groups is 2. The van der Waals surface area contributed by atoms with E-state index in [1.807, 2.05) is 5.01 Å². The Morgan fingerprint density at radius 1 is 0.750 bits per heavy atom. The normalized spacial score (nSPS) is 16.0. The first-order chi connectivity index (χ1) is 19.0. The molecule has 1 unspecified atom stereocenters. The molecule has 1 aliphatic rings. The predicted octanol–water partition coefficient (Wildman–Crippen LogP) is 10.6. The fourth-order valence-electron chi connectivity index (χ4n) is 4.58. The molecular weight excluding hydrogens is 533 g/mol. The first-order valence-corrected chi connectivity index (χ1v) is 17.8. The summed E-state index contributed by atoms with van der Waals surface area (Å²) in [6.07, 6.45) is 17.0. The number of hydrogen-bond donors (Lipinski definition) is 1. The zero-order chi connectivity index (χ0) is 29.6. The van der Waals surface area contributed by atoms with Gasteiger partial charge < -0.3 is 0 Å². The van der Waals surface area contributed by atoms with E-state index >= 15 is 0 Å². The highest BCUT2D eigenvalue weighted by Gasteiger charge is 2.32. The lowest BCUT2D eigenvalue weighted by atomic mass is 9.80. The number of unbranched alkanes of at least 4 members (excludes halogenated alkanes) is 10. The topological polar surface area (TPSA) is 51.4 Å². The average Bonchev–Trinajstić information content (AvgIpc) is 2.90. The molecule has 0 fully saturated rings. The van der Waals surface area contributed by atoms with Gasteiger partial charge in [0.15, 0.2) is 10.7 Å². The fraction of sp³-hybridized carbons (Fsp3) is 0.758. The summed E-state index contributed by atoms with van der Waals surface area (Å²) in [7, 11) is 0. The summed E-state index contributed by atoms with van der Waals surface area (Å²) in [6.45, 7) is 17.9. The molecule has 0 amide bonds. The summed E-state index contributed by atoms with van der Waals surface area (Å²) in [4.78, 5) is 9.41. The van der Waals surface area contributed by atoms with Crippen LogP contribution in [0, 0.1) is 0 Å². The fourth-order valence-corrected chi connectivity index (χ4v) is 6.66. The Labute approximate surface area is 255 Å². The summed E-state index contributed by atoms with van der Waals surface area (Å²) >= 11 is 3.54. The van der Waals surface area contributed by atoms with Gasteiger partial charge in [-0.15, -0.1) is 11.8 Å². The highest BCUT2D eigenvalue weighted by Crippen LogP contribution is 2.36. The first-order valence-electron chi connectivity index (χ1n) is 15.8. The van der Waals surface area contributed by atoms with Crippen LogP contribution in [0.15, 0.2) is 28.2 Å². The lowest BCUT2D eigenvalue weighted by Gasteiger charge is -2.39. The number of hydrogen-bond acceptors (Lipinski definition) is 7. The zero-order valence-electron chi connectivity index (χ0n) is 26.8. The number of rotatable bonds is 17. The van der Waals surface area contributed by atoms with Crippen molar-refractivity contribution in [2.24, 2.45) is 9.98 Å². The van der Waals surface area contributed by atoms with Crippen molar-refractivity contribution >= 4 is 40.7 Å². The van der Waals surface area contributed by atoms with Crippen molar-refractivity contribution in [2.75, 3.05) is 16.7 Å². The number of amidine groups is 1. The third-order valence-corrected chi connectivity index (χ3v) is 9.53. The Kier molecular flexibility index (Phi) is 15.5. The summed E-state index contributed by atoms with van der Waals surface area (Å²) in [5.74, 6) is 2.01. The Morgan fingerprint density at radius 2 is 1.25 bits per heavy atom. The molecule has 0 aliphatic carbocycles. The third kappa shape index (κ3) is 12.0. The van der Waals surface area contributed by atoms with E-state index in [4.69, 9.17) is 4.99 Å². The maximum atomic E-state index is 11.8. The van der Waals surface area contributed by atoms with Crippen molar-refractivity contribution in [3.05, 3.63) is 29.3 Å². The molecule has 1 heterocycles. The van der Waals surface area contributed by atoms with Crippen molar-refractivity contribution in [2.45, 2.75) is 149 Å². The number of nitrogens with zero attached hydrogens (tertiary/aromatic N) is 4. The van der Waals surface area contributed by atoms with Crippen molar-refractivity contribution < 1.29 is 5.21 Å². The van der Waals surface area contributed by atoms with E-state index < -0.39 is 0 Å². The van der Waals surface area contributed by atoms with E-state index in [1.54, 1.807) is 29.9 Å². The molecule has 1 atom stereocenters. The van der Waals surface area contributed by atoms with Gasteiger partial charge in [0.25, 0.3) is 0 Å². The van der Waals surface area contributed by atoms with Crippen LogP contribution in [-0.4, -0.2) is 38.7 Å². The van der Waals surface area contributed by atoms with Gasteiger partial charge in [0.1, 0.15) is 6.34 Å². The monoisotopic (exact) mass is 590 g/mol. The van der Waals surface area contributed by atoms with Crippen LogP contribution >= 0.6 is 23.5 Å². The lowest BCUT2D eigenvalue weighted by Crippen LogP contribution is -2.50. The van der Waals surface area contributed by atoms with Crippen molar-refractivity contribution in [1.82, 2.24) is 5.01 Å². The van der Waals surface area contributed by atoms with Crippen LogP contribution in [0.25, 0.3) is 0 Å². The lowest BCUT2D eigenvalue weighted by molar-refractivity contribution is 0.118. The zero-order valence-corrected chi connectivity index (χ0v) is 28.5. The average molecular weight is 591 g/mol. The molecule has 7 heteroatoms. The van der Waals surface area contributed by atoms with Gasteiger partial charge in [0, 0.05) is 5.75 Å². The van der Waals surface area contributed by atoms with E-state index in [1.165, 1.54) is 86.9 Å². The van der Waals surface area contributed by atoms with Crippen LogP contribution < -0.4 is 5.17 Å². The number of anilines is 1. The van der Waals surface area contributed by atoms with Gasteiger partial charge in [0.2, 0.25) is 0 Å². The smallest absolute Gasteiger partial charge is 0.193 e. The van der Waals surface area contributed by atoms with Gasteiger partial charge in [-0.25, -0.2) is 15.0 Å². The molecule has 1 N–H and O–H groups in total. The van der Waals surface area contributed by atoms with Crippen LogP contribution in [0.4, 0.5) is 5.69 Å². The molecule has 0 spiro atoms. The van der Waals surface area contributed by atoms with Crippen molar-refractivity contribution in [1.29, 1.82) is 0 Å². The summed E-state index contributed by atoms with van der Waals surface area (Å²) in [6, 6.07) is 6.54. The molecule has 40 heavy (non-hydrogen) atoms. The Bertz CT molecular complexity index is 888. The van der Waals surface area contributed by atoms with E-state index in [2.05, 4.69) is 78.6 Å². The van der Waals surface area contributed by atoms with Crippen molar-refractivity contribution in [3.8, 4) is 0 Å². The van der Waals surface area contributed by atoms with Crippen LogP contribution in [-0.2, 0) is 10.8 Å². The Morgan fingerprint density at radius 3 is 1.77 bits per heavy atom. The largest absolute Gasteiger partial charge is 0.268 e. The Hall–Kier alpha value is -1.18. The minimum absolute atomic E-state index is 0.0354. The highest BCUT2D eigenvalue weighted by atomic mass is 32.2. The van der Waals surface area contributed by atoms with E-state index in [0.29, 0.717) is 0 Å². The maximum absolute atomic E-state index is 11.8. The second-order valence-corrected chi connectivity index (χ2v) is 15.4. The van der Waals surface area contributed by atoms with E-state index in [-0.39, 0.29) is 16.3 Å². The van der Waals surface area contributed by atoms with Crippen LogP contribution in [0.5, 0.6) is 0 Å². The summed E-state index contributed by atoms with van der Waals surface area (Å²) in [5.41, 5.74) is 2.89. The van der Waals surface area contributed by atoms with Gasteiger partial charge in [-0.1, -0.05) is 137 Å². The SMILES string of the molecule is CCCCCCCCSC1=NC=NC(SCCCCCCCC)N1N(O)c1cc(C(C)(C)C)cc(C(C)(C)C)c1. The highest BCUT2D eigenvalue weighted by molar-refractivity contribution is 8.13. The van der Waals surface area contributed by atoms with Gasteiger partial charge in [-0.3, -0.25) is 5.21 Å². The molecule has 1 aromatic carbocycles. The quantitative estimate of drug-likeness (QED) is 0.144. The third-order valence-electron chi connectivity index (χ3n) is 7.35. The van der Waals surface area contributed by atoms with Crippen LogP contribution in [0.2, 0.25) is 0 Å². The molecular formula is C33H58N4OS2. The molecule has 2 rings (SSSR count). The summed E-state index contributed by atoms with van der Waals surface area (Å²) < 4.78 is 0. The number of hydrazine groups is 1. The van der Waals surface area contributed by atoms with Crippen LogP contribution in [0.1, 0.15) is 144 Å². The standard InChI is InChI=1S/C33H58N4OS2/c1-9-11-13-15-17-19-21-39-30-34-26-35-31(40-22-20-18-16-14-12-10-2)36(30)37(38)29-24-27(32(3,4)5)23-28(25-29)33(6,7)8/h23-26,30,38H,9-22H2,1-8H3. The minimum atomic E-state index is -0.235. The van der Waals surface area contributed by atoms with E-state index in [9.17, 15) is 5.21 Å². The second-order valence-electron chi connectivity index (χ2n) is 13.2. The number of benzene rings is 1. The molecule has 228 valence electrons. The minimum Gasteiger partial charge on any atom is -0.268 e. The Balaban J connectivity index is 2.23. The molecule has 0 aromatic heterocycles. The molecule has 1 aliphatic heterocycles. The molecule has 0 radical (unpaired) electrons. The van der Waals surface area contributed by atoms with E-state index in [0.717, 1.165) is 28.8 Å².